The van der Waals surface area contributed by atoms with Crippen molar-refractivity contribution in [2.24, 2.45) is 0 Å². The molecule has 0 aliphatic rings. The van der Waals surface area contributed by atoms with Gasteiger partial charge in [0, 0.05) is 24.7 Å². The number of hydrogen-bond acceptors (Lipinski definition) is 3. The summed E-state index contributed by atoms with van der Waals surface area (Å²) >= 11 is 0. The number of hydrogen-bond donors (Lipinski definition) is 0. The highest BCUT2D eigenvalue weighted by Crippen LogP contribution is 2.19. The van der Waals surface area contributed by atoms with Crippen molar-refractivity contribution in [3.05, 3.63) is 39.7 Å². The van der Waals surface area contributed by atoms with Crippen LogP contribution in [0, 0.1) is 15.9 Å². The molecule has 1 rings (SSSR count). The van der Waals surface area contributed by atoms with E-state index >= 15 is 0 Å². The SMILES string of the molecule is CCCCN(CC)C(=O)c1ccc([N+](=O)[O-])c(F)c1. The highest BCUT2D eigenvalue weighted by Gasteiger charge is 2.19. The van der Waals surface area contributed by atoms with Crippen molar-refractivity contribution in [3.63, 3.8) is 0 Å². The van der Waals surface area contributed by atoms with Gasteiger partial charge in [0.25, 0.3) is 5.91 Å². The summed E-state index contributed by atoms with van der Waals surface area (Å²) in [5.74, 6) is -1.29. The first-order valence-corrected chi connectivity index (χ1v) is 6.24. The van der Waals surface area contributed by atoms with E-state index in [-0.39, 0.29) is 11.5 Å². The summed E-state index contributed by atoms with van der Waals surface area (Å²) in [5.41, 5.74) is -0.478. The van der Waals surface area contributed by atoms with Gasteiger partial charge < -0.3 is 4.90 Å². The Bertz CT molecular complexity index is 477. The van der Waals surface area contributed by atoms with Gasteiger partial charge in [-0.1, -0.05) is 13.3 Å². The summed E-state index contributed by atoms with van der Waals surface area (Å²) in [4.78, 5) is 23.4. The molecule has 0 fully saturated rings. The Morgan fingerprint density at radius 2 is 2.11 bits per heavy atom. The van der Waals surface area contributed by atoms with E-state index in [1.54, 1.807) is 4.90 Å². The molecule has 104 valence electrons. The summed E-state index contributed by atoms with van der Waals surface area (Å²) in [6.45, 7) is 4.99. The van der Waals surface area contributed by atoms with Crippen LogP contribution >= 0.6 is 0 Å². The van der Waals surface area contributed by atoms with E-state index in [9.17, 15) is 19.3 Å². The Kier molecular flexibility index (Phi) is 5.41. The average molecular weight is 268 g/mol. The predicted molar refractivity (Wildman–Crippen MR) is 69.5 cm³/mol. The maximum atomic E-state index is 13.5. The minimum Gasteiger partial charge on any atom is -0.339 e. The molecule has 6 heteroatoms. The summed E-state index contributed by atoms with van der Waals surface area (Å²) in [5, 5.41) is 10.5. The number of carbonyl (C=O) groups excluding carboxylic acids is 1. The molecule has 0 unspecified atom stereocenters. The van der Waals surface area contributed by atoms with Crippen LogP contribution in [-0.4, -0.2) is 28.8 Å². The lowest BCUT2D eigenvalue weighted by atomic mass is 10.1. The van der Waals surface area contributed by atoms with Crippen molar-refractivity contribution in [3.8, 4) is 0 Å². The molecular weight excluding hydrogens is 251 g/mol. The van der Waals surface area contributed by atoms with Crippen LogP contribution in [0.25, 0.3) is 0 Å². The second kappa shape index (κ2) is 6.82. The Balaban J connectivity index is 2.93. The fourth-order valence-corrected chi connectivity index (χ4v) is 1.72. The Hall–Kier alpha value is -1.98. The molecule has 1 aromatic rings. The molecule has 0 aliphatic carbocycles. The smallest absolute Gasteiger partial charge is 0.304 e. The lowest BCUT2D eigenvalue weighted by molar-refractivity contribution is -0.387. The van der Waals surface area contributed by atoms with Crippen LogP contribution < -0.4 is 0 Å². The third-order valence-electron chi connectivity index (χ3n) is 2.84. The first kappa shape index (κ1) is 15.1. The van der Waals surface area contributed by atoms with Crippen molar-refractivity contribution in [2.75, 3.05) is 13.1 Å². The number of rotatable bonds is 6. The quantitative estimate of drug-likeness (QED) is 0.588. The maximum absolute atomic E-state index is 13.5. The van der Waals surface area contributed by atoms with Crippen molar-refractivity contribution >= 4 is 11.6 Å². The number of halogens is 1. The van der Waals surface area contributed by atoms with Gasteiger partial charge in [-0.3, -0.25) is 14.9 Å². The minimum atomic E-state index is -0.984. The van der Waals surface area contributed by atoms with E-state index in [1.807, 2.05) is 13.8 Å². The van der Waals surface area contributed by atoms with Gasteiger partial charge in [0.2, 0.25) is 5.82 Å². The molecular formula is C13H17FN2O3. The van der Waals surface area contributed by atoms with Gasteiger partial charge in [0.15, 0.2) is 0 Å². The van der Waals surface area contributed by atoms with Gasteiger partial charge in [-0.15, -0.1) is 0 Å². The third kappa shape index (κ3) is 3.74. The van der Waals surface area contributed by atoms with Gasteiger partial charge in [0.05, 0.1) is 4.92 Å². The number of unbranched alkanes of at least 4 members (excludes halogenated alkanes) is 1. The molecule has 0 aromatic heterocycles. The van der Waals surface area contributed by atoms with Crippen LogP contribution in [-0.2, 0) is 0 Å². The molecule has 19 heavy (non-hydrogen) atoms. The lowest BCUT2D eigenvalue weighted by Crippen LogP contribution is -2.31. The van der Waals surface area contributed by atoms with E-state index in [2.05, 4.69) is 0 Å². The van der Waals surface area contributed by atoms with Gasteiger partial charge in [0.1, 0.15) is 0 Å². The highest BCUT2D eigenvalue weighted by atomic mass is 19.1. The standard InChI is InChI=1S/C13H17FN2O3/c1-3-5-8-15(4-2)13(17)10-6-7-12(16(18)19)11(14)9-10/h6-7,9H,3-5,8H2,1-2H3. The molecule has 0 aliphatic heterocycles. The molecule has 0 atom stereocenters. The first-order chi connectivity index (χ1) is 9.01. The largest absolute Gasteiger partial charge is 0.339 e. The highest BCUT2D eigenvalue weighted by molar-refractivity contribution is 5.94. The number of nitrogens with zero attached hydrogens (tertiary/aromatic N) is 2. The Labute approximate surface area is 111 Å². The summed E-state index contributed by atoms with van der Waals surface area (Å²) < 4.78 is 13.5. The number of nitro groups is 1. The van der Waals surface area contributed by atoms with E-state index in [0.717, 1.165) is 25.0 Å². The third-order valence-corrected chi connectivity index (χ3v) is 2.84. The molecule has 0 heterocycles. The van der Waals surface area contributed by atoms with Crippen LogP contribution in [0.2, 0.25) is 0 Å². The minimum absolute atomic E-state index is 0.140. The molecule has 0 saturated heterocycles. The predicted octanol–water partition coefficient (Wildman–Crippen LogP) is 3.00. The topological polar surface area (TPSA) is 63.5 Å². The van der Waals surface area contributed by atoms with Crippen molar-refractivity contribution in [1.82, 2.24) is 4.90 Å². The van der Waals surface area contributed by atoms with Crippen LogP contribution in [0.1, 0.15) is 37.0 Å². The number of benzene rings is 1. The Morgan fingerprint density at radius 3 is 2.58 bits per heavy atom. The molecule has 0 saturated carbocycles. The molecule has 5 nitrogen and oxygen atoms in total. The maximum Gasteiger partial charge on any atom is 0.304 e. The molecule has 0 spiro atoms. The van der Waals surface area contributed by atoms with Gasteiger partial charge in [-0.25, -0.2) is 0 Å². The fourth-order valence-electron chi connectivity index (χ4n) is 1.72. The number of nitro benzene ring substituents is 1. The zero-order chi connectivity index (χ0) is 14.4. The molecule has 0 radical (unpaired) electrons. The first-order valence-electron chi connectivity index (χ1n) is 6.24. The average Bonchev–Trinajstić information content (AvgIpc) is 2.38. The van der Waals surface area contributed by atoms with E-state index in [1.165, 1.54) is 6.07 Å². The van der Waals surface area contributed by atoms with Gasteiger partial charge in [-0.05, 0) is 25.5 Å². The van der Waals surface area contributed by atoms with Crippen LogP contribution in [0.15, 0.2) is 18.2 Å². The fraction of sp³-hybridized carbons (Fsp3) is 0.462. The van der Waals surface area contributed by atoms with E-state index in [0.29, 0.717) is 13.1 Å². The molecule has 0 N–H and O–H groups in total. The lowest BCUT2D eigenvalue weighted by Gasteiger charge is -2.20. The van der Waals surface area contributed by atoms with Crippen LogP contribution in [0.5, 0.6) is 0 Å². The van der Waals surface area contributed by atoms with Crippen molar-refractivity contribution in [2.45, 2.75) is 26.7 Å². The Morgan fingerprint density at radius 1 is 1.42 bits per heavy atom. The normalized spacial score (nSPS) is 10.3. The van der Waals surface area contributed by atoms with Crippen LogP contribution in [0.4, 0.5) is 10.1 Å². The second-order valence-electron chi connectivity index (χ2n) is 4.16. The van der Waals surface area contributed by atoms with Gasteiger partial charge in [-0.2, -0.15) is 4.39 Å². The van der Waals surface area contributed by atoms with Crippen molar-refractivity contribution < 1.29 is 14.1 Å². The van der Waals surface area contributed by atoms with E-state index in [4.69, 9.17) is 0 Å². The second-order valence-corrected chi connectivity index (χ2v) is 4.16. The van der Waals surface area contributed by atoms with Crippen LogP contribution in [0.3, 0.4) is 0 Å². The zero-order valence-electron chi connectivity index (χ0n) is 11.1. The summed E-state index contributed by atoms with van der Waals surface area (Å²) in [6, 6.07) is 3.24. The number of amides is 1. The zero-order valence-corrected chi connectivity index (χ0v) is 11.1. The molecule has 1 amide bonds. The molecule has 0 bridgehead atoms. The van der Waals surface area contributed by atoms with Gasteiger partial charge >= 0.3 is 5.69 Å². The molecule has 1 aromatic carbocycles. The van der Waals surface area contributed by atoms with Crippen molar-refractivity contribution in [1.29, 1.82) is 0 Å². The van der Waals surface area contributed by atoms with E-state index < -0.39 is 16.4 Å². The number of carbonyl (C=O) groups is 1. The monoisotopic (exact) mass is 268 g/mol. The summed E-state index contributed by atoms with van der Waals surface area (Å²) in [6.07, 6.45) is 1.83. The summed E-state index contributed by atoms with van der Waals surface area (Å²) in [7, 11) is 0.